The van der Waals surface area contributed by atoms with Crippen LogP contribution in [-0.4, -0.2) is 20.4 Å². The topological polar surface area (TPSA) is 104 Å². The highest BCUT2D eigenvalue weighted by Gasteiger charge is 2.16. The molecule has 6 nitrogen and oxygen atoms in total. The zero-order valence-corrected chi connectivity index (χ0v) is 19.0. The van der Waals surface area contributed by atoms with Crippen LogP contribution in [0, 0.1) is 0 Å². The van der Waals surface area contributed by atoms with Gasteiger partial charge in [0.1, 0.15) is 11.5 Å². The normalized spacial score (nSPS) is 10.7. The highest BCUT2D eigenvalue weighted by atomic mass is 16.3. The van der Waals surface area contributed by atoms with Gasteiger partial charge in [-0.15, -0.1) is 0 Å². The molecule has 6 heteroatoms. The first kappa shape index (κ1) is 22.7. The summed E-state index contributed by atoms with van der Waals surface area (Å²) in [4.78, 5) is 0. The number of hydrogen-bond donors (Lipinski definition) is 4. The second-order valence-corrected chi connectivity index (χ2v) is 8.11. The standard InChI is InChI=1S/C15H10O4.C15H10O2/c16-11-4-1-9-3-6-14(19-15(9)8-11)10-2-5-12(17)13(18)7-10;16-13-8-5-12(6-9-13)15-10-7-11-3-1-2-4-14(11)17-15/h1-8H,(H2-,16,17,18);1-10H/p+2. The number of aromatic hydroxyl groups is 4. The minimum Gasteiger partial charge on any atom is -0.508 e. The summed E-state index contributed by atoms with van der Waals surface area (Å²) in [5.74, 6) is 1.33. The second kappa shape index (κ2) is 9.64. The number of phenolic OH excluding ortho intramolecular Hbond substituents is 4. The Labute approximate surface area is 206 Å². The predicted octanol–water partition coefficient (Wildman–Crippen LogP) is 7.58. The van der Waals surface area contributed by atoms with Crippen LogP contribution in [0.3, 0.4) is 0 Å². The van der Waals surface area contributed by atoms with Crippen LogP contribution < -0.4 is 0 Å². The molecule has 0 aliphatic heterocycles. The van der Waals surface area contributed by atoms with E-state index in [1.807, 2.05) is 54.6 Å². The van der Waals surface area contributed by atoms with Gasteiger partial charge in [0.05, 0.1) is 28.0 Å². The number of phenols is 4. The summed E-state index contributed by atoms with van der Waals surface area (Å²) in [7, 11) is 0. The van der Waals surface area contributed by atoms with Crippen molar-refractivity contribution in [3.05, 3.63) is 109 Å². The summed E-state index contributed by atoms with van der Waals surface area (Å²) in [5.41, 5.74) is 3.00. The Hall–Kier alpha value is -5.10. The number of rotatable bonds is 2. The SMILES string of the molecule is Oc1ccc(-c2ccc3ccccc3[o+]2)cc1.Oc1ccc2ccc(-c3ccc(O)c(O)c3)[o+]c2c1. The Bertz CT molecular complexity index is 1680. The maximum Gasteiger partial charge on any atom is 0.364 e. The molecule has 36 heavy (non-hydrogen) atoms. The van der Waals surface area contributed by atoms with Gasteiger partial charge in [0.15, 0.2) is 11.5 Å². The van der Waals surface area contributed by atoms with Crippen LogP contribution >= 0.6 is 0 Å². The molecule has 0 aliphatic rings. The molecule has 176 valence electrons. The third-order valence-electron chi connectivity index (χ3n) is 5.60. The smallest absolute Gasteiger partial charge is 0.364 e. The van der Waals surface area contributed by atoms with E-state index in [-0.39, 0.29) is 23.0 Å². The van der Waals surface area contributed by atoms with E-state index in [1.54, 1.807) is 36.4 Å². The van der Waals surface area contributed by atoms with E-state index >= 15 is 0 Å². The second-order valence-electron chi connectivity index (χ2n) is 8.11. The maximum atomic E-state index is 9.49. The first-order valence-corrected chi connectivity index (χ1v) is 11.2. The number of fused-ring (bicyclic) bond motifs is 2. The highest BCUT2D eigenvalue weighted by Crippen LogP contribution is 2.32. The van der Waals surface area contributed by atoms with E-state index in [0.29, 0.717) is 16.9 Å². The summed E-state index contributed by atoms with van der Waals surface area (Å²) in [6.45, 7) is 0. The van der Waals surface area contributed by atoms with Crippen molar-refractivity contribution in [2.75, 3.05) is 0 Å². The first-order valence-electron chi connectivity index (χ1n) is 11.2. The minimum absolute atomic E-state index is 0.127. The lowest BCUT2D eigenvalue weighted by atomic mass is 10.1. The maximum absolute atomic E-state index is 9.49. The monoisotopic (exact) mass is 478 g/mol. The van der Waals surface area contributed by atoms with Crippen molar-refractivity contribution >= 4 is 21.9 Å². The van der Waals surface area contributed by atoms with E-state index in [0.717, 1.165) is 27.7 Å². The van der Waals surface area contributed by atoms with Gasteiger partial charge in [0, 0.05) is 24.3 Å². The van der Waals surface area contributed by atoms with Crippen LogP contribution in [0.1, 0.15) is 0 Å². The Morgan fingerprint density at radius 3 is 1.75 bits per heavy atom. The van der Waals surface area contributed by atoms with Crippen LogP contribution in [0.4, 0.5) is 0 Å². The molecule has 2 heterocycles. The molecule has 6 rings (SSSR count). The quantitative estimate of drug-likeness (QED) is 0.151. The molecule has 0 atom stereocenters. The molecule has 6 aromatic rings. The van der Waals surface area contributed by atoms with Gasteiger partial charge in [-0.3, -0.25) is 0 Å². The van der Waals surface area contributed by atoms with Crippen molar-refractivity contribution in [1.82, 2.24) is 0 Å². The summed E-state index contributed by atoms with van der Waals surface area (Å²) < 4.78 is 11.5. The zero-order chi connectivity index (χ0) is 25.1. The van der Waals surface area contributed by atoms with Crippen molar-refractivity contribution in [2.45, 2.75) is 0 Å². The minimum atomic E-state index is -0.205. The van der Waals surface area contributed by atoms with E-state index in [1.165, 1.54) is 18.2 Å². The summed E-state index contributed by atoms with van der Waals surface area (Å²) in [5, 5.41) is 39.4. The number of para-hydroxylation sites is 1. The molecular formula is C30H22O6+2. The Morgan fingerprint density at radius 2 is 1.00 bits per heavy atom. The molecule has 2 aromatic heterocycles. The van der Waals surface area contributed by atoms with E-state index < -0.39 is 0 Å². The van der Waals surface area contributed by atoms with Crippen molar-refractivity contribution in [2.24, 2.45) is 0 Å². The van der Waals surface area contributed by atoms with Crippen molar-refractivity contribution in [3.8, 4) is 45.6 Å². The van der Waals surface area contributed by atoms with Gasteiger partial charge < -0.3 is 20.4 Å². The largest absolute Gasteiger partial charge is 0.508 e. The Kier molecular flexibility index (Phi) is 6.07. The average Bonchev–Trinajstić information content (AvgIpc) is 2.90. The van der Waals surface area contributed by atoms with Crippen molar-refractivity contribution in [1.29, 1.82) is 0 Å². The van der Waals surface area contributed by atoms with Gasteiger partial charge >= 0.3 is 22.7 Å². The van der Waals surface area contributed by atoms with Gasteiger partial charge in [0.25, 0.3) is 0 Å². The van der Waals surface area contributed by atoms with Crippen LogP contribution in [-0.2, 0) is 0 Å². The fourth-order valence-electron chi connectivity index (χ4n) is 3.71. The molecule has 0 amide bonds. The fraction of sp³-hybridized carbons (Fsp3) is 0. The number of benzene rings is 4. The van der Waals surface area contributed by atoms with Crippen molar-refractivity contribution < 1.29 is 29.3 Å². The lowest BCUT2D eigenvalue weighted by Crippen LogP contribution is -1.80. The number of hydrogen-bond acceptors (Lipinski definition) is 4. The molecule has 4 aromatic carbocycles. The van der Waals surface area contributed by atoms with Crippen LogP contribution in [0.25, 0.3) is 44.6 Å². The van der Waals surface area contributed by atoms with Crippen molar-refractivity contribution in [3.63, 3.8) is 0 Å². The summed E-state index contributed by atoms with van der Waals surface area (Å²) in [6.07, 6.45) is 0. The lowest BCUT2D eigenvalue weighted by molar-refractivity contribution is 0.404. The molecule has 0 saturated carbocycles. The van der Waals surface area contributed by atoms with E-state index in [4.69, 9.17) is 8.83 Å². The molecule has 0 radical (unpaired) electrons. The lowest BCUT2D eigenvalue weighted by Gasteiger charge is -1.98. The fourth-order valence-corrected chi connectivity index (χ4v) is 3.71. The van der Waals surface area contributed by atoms with Gasteiger partial charge in [-0.25, -0.2) is 8.83 Å². The Balaban J connectivity index is 0.000000149. The van der Waals surface area contributed by atoms with Crippen LogP contribution in [0.15, 0.2) is 118 Å². The van der Waals surface area contributed by atoms with Gasteiger partial charge in [-0.1, -0.05) is 12.1 Å². The molecule has 0 aliphatic carbocycles. The van der Waals surface area contributed by atoms with Crippen LogP contribution in [0.2, 0.25) is 0 Å². The van der Waals surface area contributed by atoms with E-state index in [2.05, 4.69) is 0 Å². The van der Waals surface area contributed by atoms with Gasteiger partial charge in [-0.05, 0) is 66.7 Å². The van der Waals surface area contributed by atoms with Crippen LogP contribution in [0.5, 0.6) is 23.0 Å². The highest BCUT2D eigenvalue weighted by molar-refractivity contribution is 5.80. The van der Waals surface area contributed by atoms with E-state index in [9.17, 15) is 20.4 Å². The summed E-state index contributed by atoms with van der Waals surface area (Å²) in [6, 6.07) is 31.8. The molecule has 0 unspecified atom stereocenters. The van der Waals surface area contributed by atoms with Gasteiger partial charge in [-0.2, -0.15) is 0 Å². The van der Waals surface area contributed by atoms with Gasteiger partial charge in [0.2, 0.25) is 0 Å². The third-order valence-corrected chi connectivity index (χ3v) is 5.60. The molecule has 0 fully saturated rings. The molecule has 0 saturated heterocycles. The molecule has 4 N–H and O–H groups in total. The average molecular weight is 479 g/mol. The zero-order valence-electron chi connectivity index (χ0n) is 19.0. The molecule has 0 spiro atoms. The molecular weight excluding hydrogens is 456 g/mol. The molecule has 0 bridgehead atoms. The Morgan fingerprint density at radius 1 is 0.417 bits per heavy atom. The third kappa shape index (κ3) is 4.88. The first-order chi connectivity index (χ1) is 17.5. The predicted molar refractivity (Wildman–Crippen MR) is 139 cm³/mol. The summed E-state index contributed by atoms with van der Waals surface area (Å²) >= 11 is 0.